The molecule has 2 rings (SSSR count). The maximum atomic E-state index is 12.4. The van der Waals surface area contributed by atoms with E-state index in [2.05, 4.69) is 19.2 Å². The SMILES string of the molecule is CC(=O)N(CCC(=O)Nc1cccc(C)c1C)c1ccccc1C(C)C. The fourth-order valence-electron chi connectivity index (χ4n) is 2.98. The summed E-state index contributed by atoms with van der Waals surface area (Å²) < 4.78 is 0. The molecule has 0 aliphatic rings. The fourth-order valence-corrected chi connectivity index (χ4v) is 2.98. The van der Waals surface area contributed by atoms with Gasteiger partial charge in [-0.05, 0) is 48.6 Å². The third-order valence-electron chi connectivity index (χ3n) is 4.67. The van der Waals surface area contributed by atoms with Crippen LogP contribution in [0.5, 0.6) is 0 Å². The molecule has 138 valence electrons. The molecular weight excluding hydrogens is 324 g/mol. The maximum Gasteiger partial charge on any atom is 0.226 e. The Morgan fingerprint density at radius 3 is 2.38 bits per heavy atom. The van der Waals surface area contributed by atoms with Crippen LogP contribution in [0.25, 0.3) is 0 Å². The smallest absolute Gasteiger partial charge is 0.226 e. The van der Waals surface area contributed by atoms with E-state index in [4.69, 9.17) is 0 Å². The first kappa shape index (κ1) is 19.7. The topological polar surface area (TPSA) is 49.4 Å². The van der Waals surface area contributed by atoms with E-state index in [-0.39, 0.29) is 18.2 Å². The number of nitrogens with one attached hydrogen (secondary N) is 1. The van der Waals surface area contributed by atoms with Crippen LogP contribution in [-0.2, 0) is 9.59 Å². The number of anilines is 2. The van der Waals surface area contributed by atoms with Crippen molar-refractivity contribution in [3.63, 3.8) is 0 Å². The predicted molar refractivity (Wildman–Crippen MR) is 108 cm³/mol. The molecule has 0 bridgehead atoms. The van der Waals surface area contributed by atoms with Crippen LogP contribution < -0.4 is 10.2 Å². The van der Waals surface area contributed by atoms with Crippen molar-refractivity contribution in [2.24, 2.45) is 0 Å². The van der Waals surface area contributed by atoms with Gasteiger partial charge < -0.3 is 10.2 Å². The first-order valence-corrected chi connectivity index (χ1v) is 9.04. The van der Waals surface area contributed by atoms with Crippen LogP contribution in [0, 0.1) is 13.8 Å². The van der Waals surface area contributed by atoms with Crippen molar-refractivity contribution in [2.75, 3.05) is 16.8 Å². The van der Waals surface area contributed by atoms with Gasteiger partial charge in [0.05, 0.1) is 0 Å². The molecule has 2 aromatic carbocycles. The fraction of sp³-hybridized carbons (Fsp3) is 0.364. The molecule has 0 unspecified atom stereocenters. The van der Waals surface area contributed by atoms with Crippen LogP contribution in [-0.4, -0.2) is 18.4 Å². The number of aryl methyl sites for hydroxylation is 1. The van der Waals surface area contributed by atoms with Gasteiger partial charge >= 0.3 is 0 Å². The molecule has 0 aromatic heterocycles. The minimum absolute atomic E-state index is 0.0577. The number of carbonyl (C=O) groups excluding carboxylic acids is 2. The molecule has 2 aromatic rings. The number of hydrogen-bond donors (Lipinski definition) is 1. The van der Waals surface area contributed by atoms with Gasteiger partial charge in [0, 0.05) is 31.3 Å². The monoisotopic (exact) mass is 352 g/mol. The van der Waals surface area contributed by atoms with Gasteiger partial charge in [0.1, 0.15) is 0 Å². The summed E-state index contributed by atoms with van der Waals surface area (Å²) in [5, 5.41) is 2.96. The molecule has 0 atom stereocenters. The van der Waals surface area contributed by atoms with E-state index in [0.717, 1.165) is 28.1 Å². The van der Waals surface area contributed by atoms with Crippen LogP contribution in [0.2, 0.25) is 0 Å². The van der Waals surface area contributed by atoms with Crippen molar-refractivity contribution in [1.82, 2.24) is 0 Å². The highest BCUT2D eigenvalue weighted by atomic mass is 16.2. The molecule has 0 heterocycles. The summed E-state index contributed by atoms with van der Waals surface area (Å²) in [4.78, 5) is 26.3. The number of amides is 2. The number of carbonyl (C=O) groups is 2. The van der Waals surface area contributed by atoms with Gasteiger partial charge in [-0.3, -0.25) is 9.59 Å². The Morgan fingerprint density at radius 1 is 1.04 bits per heavy atom. The van der Waals surface area contributed by atoms with E-state index in [1.807, 2.05) is 56.3 Å². The summed E-state index contributed by atoms with van der Waals surface area (Å²) in [6.07, 6.45) is 0.249. The Balaban J connectivity index is 2.11. The van der Waals surface area contributed by atoms with Crippen LogP contribution in [0.1, 0.15) is 49.8 Å². The van der Waals surface area contributed by atoms with Crippen molar-refractivity contribution >= 4 is 23.2 Å². The molecule has 4 heteroatoms. The molecule has 0 aliphatic heterocycles. The summed E-state index contributed by atoms with van der Waals surface area (Å²) in [5.74, 6) is 0.154. The summed E-state index contributed by atoms with van der Waals surface area (Å²) >= 11 is 0. The lowest BCUT2D eigenvalue weighted by Crippen LogP contribution is -2.32. The van der Waals surface area contributed by atoms with Crippen LogP contribution in [0.4, 0.5) is 11.4 Å². The predicted octanol–water partition coefficient (Wildman–Crippen LogP) is 4.81. The molecule has 0 saturated heterocycles. The number of rotatable bonds is 6. The van der Waals surface area contributed by atoms with Gasteiger partial charge in [-0.2, -0.15) is 0 Å². The number of hydrogen-bond acceptors (Lipinski definition) is 2. The summed E-state index contributed by atoms with van der Waals surface area (Å²) in [6.45, 7) is 10.1. The molecule has 4 nitrogen and oxygen atoms in total. The van der Waals surface area contributed by atoms with Crippen molar-refractivity contribution in [1.29, 1.82) is 0 Å². The lowest BCUT2D eigenvalue weighted by molar-refractivity contribution is -0.117. The number of nitrogens with zero attached hydrogens (tertiary/aromatic N) is 1. The van der Waals surface area contributed by atoms with Gasteiger partial charge in [0.15, 0.2) is 0 Å². The van der Waals surface area contributed by atoms with Gasteiger partial charge in [-0.1, -0.05) is 44.2 Å². The van der Waals surface area contributed by atoms with Crippen LogP contribution in [0.3, 0.4) is 0 Å². The Bertz CT molecular complexity index is 796. The van der Waals surface area contributed by atoms with E-state index in [1.165, 1.54) is 0 Å². The summed E-state index contributed by atoms with van der Waals surface area (Å²) in [7, 11) is 0. The zero-order valence-corrected chi connectivity index (χ0v) is 16.3. The highest BCUT2D eigenvalue weighted by Gasteiger charge is 2.18. The van der Waals surface area contributed by atoms with Crippen LogP contribution >= 0.6 is 0 Å². The first-order valence-electron chi connectivity index (χ1n) is 9.04. The van der Waals surface area contributed by atoms with Gasteiger partial charge in [0.2, 0.25) is 11.8 Å². The van der Waals surface area contributed by atoms with E-state index in [9.17, 15) is 9.59 Å². The second-order valence-electron chi connectivity index (χ2n) is 6.93. The average molecular weight is 352 g/mol. The van der Waals surface area contributed by atoms with Gasteiger partial charge in [-0.15, -0.1) is 0 Å². The molecule has 0 spiro atoms. The lowest BCUT2D eigenvalue weighted by Gasteiger charge is -2.25. The number of para-hydroxylation sites is 1. The summed E-state index contributed by atoms with van der Waals surface area (Å²) in [5.41, 5.74) is 5.02. The van der Waals surface area contributed by atoms with Crippen molar-refractivity contribution in [3.8, 4) is 0 Å². The first-order chi connectivity index (χ1) is 12.3. The third-order valence-corrected chi connectivity index (χ3v) is 4.67. The third kappa shape index (κ3) is 4.72. The largest absolute Gasteiger partial charge is 0.326 e. The average Bonchev–Trinajstić information content (AvgIpc) is 2.59. The molecular formula is C22H28N2O2. The normalized spacial score (nSPS) is 10.7. The summed E-state index contributed by atoms with van der Waals surface area (Å²) in [6, 6.07) is 13.7. The molecule has 1 N–H and O–H groups in total. The molecule has 0 fully saturated rings. The molecule has 2 amide bonds. The molecule has 0 saturated carbocycles. The minimum Gasteiger partial charge on any atom is -0.326 e. The van der Waals surface area contributed by atoms with E-state index in [1.54, 1.807) is 11.8 Å². The highest BCUT2D eigenvalue weighted by molar-refractivity contribution is 5.95. The quantitative estimate of drug-likeness (QED) is 0.811. The molecule has 0 radical (unpaired) electrons. The van der Waals surface area contributed by atoms with Crippen molar-refractivity contribution in [3.05, 3.63) is 59.2 Å². The Morgan fingerprint density at radius 2 is 1.73 bits per heavy atom. The van der Waals surface area contributed by atoms with Gasteiger partial charge in [0.25, 0.3) is 0 Å². The molecule has 26 heavy (non-hydrogen) atoms. The van der Waals surface area contributed by atoms with Crippen LogP contribution in [0.15, 0.2) is 42.5 Å². The second kappa shape index (κ2) is 8.65. The second-order valence-corrected chi connectivity index (χ2v) is 6.93. The van der Waals surface area contributed by atoms with Crippen molar-refractivity contribution < 1.29 is 9.59 Å². The standard InChI is InChI=1S/C22H28N2O2/c1-15(2)19-10-6-7-12-21(19)24(18(5)25)14-13-22(26)23-20-11-8-9-16(3)17(20)4/h6-12,15H,13-14H2,1-5H3,(H,23,26). The van der Waals surface area contributed by atoms with Crippen molar-refractivity contribution in [2.45, 2.75) is 47.0 Å². The number of benzene rings is 2. The Labute approximate surface area is 156 Å². The zero-order valence-electron chi connectivity index (χ0n) is 16.3. The Hall–Kier alpha value is -2.62. The van der Waals surface area contributed by atoms with E-state index >= 15 is 0 Å². The molecule has 0 aliphatic carbocycles. The van der Waals surface area contributed by atoms with E-state index in [0.29, 0.717) is 12.5 Å². The minimum atomic E-state index is -0.0908. The van der Waals surface area contributed by atoms with E-state index < -0.39 is 0 Å². The highest BCUT2D eigenvalue weighted by Crippen LogP contribution is 2.27. The zero-order chi connectivity index (χ0) is 19.3. The maximum absolute atomic E-state index is 12.4. The van der Waals surface area contributed by atoms with Gasteiger partial charge in [-0.25, -0.2) is 0 Å². The lowest BCUT2D eigenvalue weighted by atomic mass is 10.0. The Kier molecular flexibility index (Phi) is 6.56.